The van der Waals surface area contributed by atoms with Gasteiger partial charge in [-0.1, -0.05) is 6.07 Å². The predicted molar refractivity (Wildman–Crippen MR) is 66.2 cm³/mol. The first-order chi connectivity index (χ1) is 9.10. The molecule has 0 spiro atoms. The Morgan fingerprint density at radius 1 is 1.05 bits per heavy atom. The van der Waals surface area contributed by atoms with E-state index in [9.17, 15) is 9.59 Å². The quantitative estimate of drug-likeness (QED) is 0.716. The number of benzene rings is 1. The lowest BCUT2D eigenvalue weighted by Crippen LogP contribution is -2.14. The number of hydrogen-bond donors (Lipinski definition) is 0. The molecule has 0 aliphatic carbocycles. The molecule has 0 fully saturated rings. The fourth-order valence-corrected chi connectivity index (χ4v) is 1.37. The molecule has 1 rings (SSSR count). The van der Waals surface area contributed by atoms with Crippen LogP contribution in [-0.2, 0) is 25.5 Å². The second kappa shape index (κ2) is 7.25. The van der Waals surface area contributed by atoms with Crippen molar-refractivity contribution in [2.24, 2.45) is 0 Å². The van der Waals surface area contributed by atoms with Crippen LogP contribution in [0.15, 0.2) is 18.2 Å². The van der Waals surface area contributed by atoms with Gasteiger partial charge in [0.25, 0.3) is 0 Å². The summed E-state index contributed by atoms with van der Waals surface area (Å²) < 4.78 is 19.5. The minimum absolute atomic E-state index is 0.0526. The van der Waals surface area contributed by atoms with Crippen LogP contribution in [0.4, 0.5) is 0 Å². The minimum atomic E-state index is -0.508. The Hall–Kier alpha value is -2.24. The molecule has 0 unspecified atom stereocenters. The molecule has 19 heavy (non-hydrogen) atoms. The zero-order valence-corrected chi connectivity index (χ0v) is 11.1. The van der Waals surface area contributed by atoms with E-state index >= 15 is 0 Å². The lowest BCUT2D eigenvalue weighted by atomic mass is 10.1. The van der Waals surface area contributed by atoms with Crippen molar-refractivity contribution in [3.8, 4) is 11.5 Å². The molecule has 0 aliphatic rings. The molecule has 0 amide bonds. The van der Waals surface area contributed by atoms with Crippen molar-refractivity contribution in [2.75, 3.05) is 27.9 Å². The number of esters is 2. The molecule has 0 radical (unpaired) electrons. The van der Waals surface area contributed by atoms with E-state index in [4.69, 9.17) is 9.47 Å². The SMILES string of the molecule is COC(=O)COc1cc(OC)ccc1CC(=O)OC. The van der Waals surface area contributed by atoms with Gasteiger partial charge in [-0.2, -0.15) is 0 Å². The third-order valence-corrected chi connectivity index (χ3v) is 2.41. The van der Waals surface area contributed by atoms with Crippen LogP contribution >= 0.6 is 0 Å². The minimum Gasteiger partial charge on any atom is -0.497 e. The fourth-order valence-electron chi connectivity index (χ4n) is 1.37. The lowest BCUT2D eigenvalue weighted by molar-refractivity contribution is -0.142. The summed E-state index contributed by atoms with van der Waals surface area (Å²) in [7, 11) is 4.09. The van der Waals surface area contributed by atoms with Gasteiger partial charge in [0.15, 0.2) is 6.61 Å². The highest BCUT2D eigenvalue weighted by atomic mass is 16.6. The van der Waals surface area contributed by atoms with Crippen LogP contribution in [0.1, 0.15) is 5.56 Å². The van der Waals surface area contributed by atoms with Crippen LogP contribution in [-0.4, -0.2) is 39.9 Å². The van der Waals surface area contributed by atoms with Crippen molar-refractivity contribution in [3.05, 3.63) is 23.8 Å². The highest BCUT2D eigenvalue weighted by Crippen LogP contribution is 2.25. The highest BCUT2D eigenvalue weighted by Gasteiger charge is 2.12. The van der Waals surface area contributed by atoms with E-state index in [1.807, 2.05) is 0 Å². The van der Waals surface area contributed by atoms with Crippen molar-refractivity contribution in [1.82, 2.24) is 0 Å². The summed E-state index contributed by atoms with van der Waals surface area (Å²) >= 11 is 0. The Morgan fingerprint density at radius 2 is 1.74 bits per heavy atom. The maximum atomic E-state index is 11.3. The monoisotopic (exact) mass is 268 g/mol. The summed E-state index contributed by atoms with van der Waals surface area (Å²) in [5.74, 6) is 0.0450. The second-order valence-electron chi connectivity index (χ2n) is 3.59. The largest absolute Gasteiger partial charge is 0.497 e. The average molecular weight is 268 g/mol. The first kappa shape index (κ1) is 14.8. The summed E-state index contributed by atoms with van der Waals surface area (Å²) in [6.07, 6.45) is 0.0526. The predicted octanol–water partition coefficient (Wildman–Crippen LogP) is 0.962. The summed E-state index contributed by atoms with van der Waals surface area (Å²) in [5, 5.41) is 0. The van der Waals surface area contributed by atoms with Gasteiger partial charge in [-0.3, -0.25) is 4.79 Å². The van der Waals surface area contributed by atoms with Crippen molar-refractivity contribution >= 4 is 11.9 Å². The summed E-state index contributed by atoms with van der Waals surface area (Å²) in [5.41, 5.74) is 0.608. The highest BCUT2D eigenvalue weighted by molar-refractivity contribution is 5.74. The molecule has 0 bridgehead atoms. The molecule has 104 valence electrons. The maximum Gasteiger partial charge on any atom is 0.343 e. The third-order valence-electron chi connectivity index (χ3n) is 2.41. The molecular formula is C13H16O6. The van der Waals surface area contributed by atoms with Crippen molar-refractivity contribution in [1.29, 1.82) is 0 Å². The number of rotatable bonds is 6. The molecule has 0 N–H and O–H groups in total. The zero-order chi connectivity index (χ0) is 14.3. The zero-order valence-electron chi connectivity index (χ0n) is 11.1. The van der Waals surface area contributed by atoms with E-state index in [2.05, 4.69) is 9.47 Å². The van der Waals surface area contributed by atoms with Crippen LogP contribution in [0.25, 0.3) is 0 Å². The number of methoxy groups -OCH3 is 3. The van der Waals surface area contributed by atoms with Crippen LogP contribution < -0.4 is 9.47 Å². The average Bonchev–Trinajstić information content (AvgIpc) is 2.45. The van der Waals surface area contributed by atoms with Gasteiger partial charge in [-0.15, -0.1) is 0 Å². The molecule has 0 atom stereocenters. The van der Waals surface area contributed by atoms with Crippen molar-refractivity contribution in [3.63, 3.8) is 0 Å². The third kappa shape index (κ3) is 4.50. The molecule has 1 aromatic rings. The summed E-state index contributed by atoms with van der Waals surface area (Å²) in [6, 6.07) is 4.98. The Labute approximate surface area is 111 Å². The van der Waals surface area contributed by atoms with Crippen LogP contribution in [0, 0.1) is 0 Å². The van der Waals surface area contributed by atoms with Crippen LogP contribution in [0.3, 0.4) is 0 Å². The molecule has 0 aliphatic heterocycles. The molecule has 6 nitrogen and oxygen atoms in total. The lowest BCUT2D eigenvalue weighted by Gasteiger charge is -2.11. The Bertz CT molecular complexity index is 454. The molecule has 6 heteroatoms. The summed E-state index contributed by atoms with van der Waals surface area (Å²) in [6.45, 7) is -0.238. The molecule has 0 heterocycles. The van der Waals surface area contributed by atoms with E-state index in [0.29, 0.717) is 17.1 Å². The van der Waals surface area contributed by atoms with Gasteiger partial charge in [0, 0.05) is 11.6 Å². The molecule has 0 saturated carbocycles. The van der Waals surface area contributed by atoms with Crippen molar-refractivity contribution in [2.45, 2.75) is 6.42 Å². The normalized spacial score (nSPS) is 9.63. The van der Waals surface area contributed by atoms with E-state index in [-0.39, 0.29) is 13.0 Å². The Morgan fingerprint density at radius 3 is 2.32 bits per heavy atom. The van der Waals surface area contributed by atoms with Gasteiger partial charge in [-0.25, -0.2) is 4.79 Å². The topological polar surface area (TPSA) is 71.1 Å². The number of carbonyl (C=O) groups is 2. The molecular weight excluding hydrogens is 252 g/mol. The number of ether oxygens (including phenoxy) is 4. The van der Waals surface area contributed by atoms with Gasteiger partial charge in [-0.05, 0) is 6.07 Å². The number of hydrogen-bond acceptors (Lipinski definition) is 6. The van der Waals surface area contributed by atoms with Gasteiger partial charge in [0.1, 0.15) is 11.5 Å². The first-order valence-corrected chi connectivity index (χ1v) is 5.54. The van der Waals surface area contributed by atoms with Crippen LogP contribution in [0.5, 0.6) is 11.5 Å². The second-order valence-corrected chi connectivity index (χ2v) is 3.59. The smallest absolute Gasteiger partial charge is 0.343 e. The standard InChI is InChI=1S/C13H16O6/c1-16-10-5-4-9(6-12(14)17-2)11(7-10)19-8-13(15)18-3/h4-5,7H,6,8H2,1-3H3. The number of carbonyl (C=O) groups excluding carboxylic acids is 2. The van der Waals surface area contributed by atoms with E-state index in [1.165, 1.54) is 21.3 Å². The first-order valence-electron chi connectivity index (χ1n) is 5.54. The molecule has 1 aromatic carbocycles. The molecule has 0 saturated heterocycles. The van der Waals surface area contributed by atoms with Gasteiger partial charge in [0.2, 0.25) is 0 Å². The van der Waals surface area contributed by atoms with E-state index in [0.717, 1.165) is 0 Å². The Balaban J connectivity index is 2.88. The van der Waals surface area contributed by atoms with Crippen molar-refractivity contribution < 1.29 is 28.5 Å². The van der Waals surface area contributed by atoms with Crippen LogP contribution in [0.2, 0.25) is 0 Å². The van der Waals surface area contributed by atoms with E-state index in [1.54, 1.807) is 18.2 Å². The maximum absolute atomic E-state index is 11.3. The van der Waals surface area contributed by atoms with Gasteiger partial charge >= 0.3 is 11.9 Å². The Kier molecular flexibility index (Phi) is 5.66. The molecule has 0 aromatic heterocycles. The summed E-state index contributed by atoms with van der Waals surface area (Å²) in [4.78, 5) is 22.3. The van der Waals surface area contributed by atoms with Gasteiger partial charge in [0.05, 0.1) is 27.8 Å². The van der Waals surface area contributed by atoms with Gasteiger partial charge < -0.3 is 18.9 Å². The van der Waals surface area contributed by atoms with E-state index < -0.39 is 11.9 Å². The fraction of sp³-hybridized carbons (Fsp3) is 0.385.